The lowest BCUT2D eigenvalue weighted by molar-refractivity contribution is 0.204. The summed E-state index contributed by atoms with van der Waals surface area (Å²) < 4.78 is 12.4. The molecular weight excluding hydrogens is 784 g/mol. The summed E-state index contributed by atoms with van der Waals surface area (Å²) in [6, 6.07) is 31.7. The van der Waals surface area contributed by atoms with E-state index in [9.17, 15) is 0 Å². The molecule has 0 spiro atoms. The molecule has 10 rings (SSSR count). The number of hydrogen-bond acceptors (Lipinski definition) is 6. The minimum Gasteiger partial charge on any atom is -0.494 e. The van der Waals surface area contributed by atoms with E-state index >= 15 is 0 Å². The molecule has 4 aromatic carbocycles. The van der Waals surface area contributed by atoms with Crippen molar-refractivity contribution in [1.29, 1.82) is 0 Å². The third-order valence-corrected chi connectivity index (χ3v) is 14.9. The second kappa shape index (κ2) is 20.4. The Labute approximate surface area is 370 Å². The number of halogens is 2. The molecule has 0 saturated carbocycles. The average Bonchev–Trinajstić information content (AvgIpc) is 3.98. The molecular formula is C52H66Cl2N4O2. The Morgan fingerprint density at radius 3 is 1.28 bits per heavy atom. The molecule has 0 amide bonds. The van der Waals surface area contributed by atoms with Gasteiger partial charge in [0, 0.05) is 60.1 Å². The lowest BCUT2D eigenvalue weighted by atomic mass is 9.81. The predicted molar refractivity (Wildman–Crippen MR) is 247 cm³/mol. The Kier molecular flexibility index (Phi) is 14.3. The van der Waals surface area contributed by atoms with Crippen molar-refractivity contribution in [2.75, 3.05) is 78.7 Å². The van der Waals surface area contributed by atoms with Crippen molar-refractivity contribution in [3.63, 3.8) is 0 Å². The van der Waals surface area contributed by atoms with Gasteiger partial charge in [-0.3, -0.25) is 9.80 Å². The Balaban J connectivity index is 0.000000154. The number of fused-ring (bicyclic) bond motifs is 6. The molecule has 4 aromatic rings. The molecule has 0 bridgehead atoms. The van der Waals surface area contributed by atoms with Gasteiger partial charge in [-0.05, 0) is 185 Å². The summed E-state index contributed by atoms with van der Waals surface area (Å²) >= 11 is 12.3. The molecule has 4 saturated heterocycles. The summed E-state index contributed by atoms with van der Waals surface area (Å²) in [7, 11) is 0. The normalized spacial score (nSPS) is 24.4. The van der Waals surface area contributed by atoms with Crippen LogP contribution >= 0.6 is 23.2 Å². The molecule has 4 atom stereocenters. The molecule has 0 aliphatic carbocycles. The monoisotopic (exact) mass is 848 g/mol. The number of likely N-dealkylation sites (tertiary alicyclic amines) is 2. The zero-order chi connectivity index (χ0) is 40.7. The van der Waals surface area contributed by atoms with Gasteiger partial charge in [-0.2, -0.15) is 0 Å². The topological polar surface area (TPSA) is 31.4 Å². The van der Waals surface area contributed by atoms with Crippen LogP contribution in [0.2, 0.25) is 10.0 Å². The SMILES string of the molecule is Clc1ccc([C@@H]2CN3CCC[C@H]3c3cc(OCCCN4CCCCC4)ccc32)cc1.Clc1ccc([C@H]2CN3CCC[C@H]3c3cc(OCCCN4CCCCC4)ccc32)cc1. The first-order valence-corrected chi connectivity index (χ1v) is 24.3. The molecule has 8 heteroatoms. The number of nitrogens with zero attached hydrogens (tertiary/aromatic N) is 4. The summed E-state index contributed by atoms with van der Waals surface area (Å²) in [6.07, 6.45) is 15.6. The van der Waals surface area contributed by atoms with Gasteiger partial charge in [0.25, 0.3) is 0 Å². The molecule has 6 aliphatic heterocycles. The maximum absolute atomic E-state index is 6.21. The van der Waals surface area contributed by atoms with Gasteiger partial charge in [-0.1, -0.05) is 72.4 Å². The van der Waals surface area contributed by atoms with Crippen molar-refractivity contribution in [3.05, 3.63) is 128 Å². The fourth-order valence-corrected chi connectivity index (χ4v) is 11.5. The zero-order valence-electron chi connectivity index (χ0n) is 35.7. The van der Waals surface area contributed by atoms with Crippen LogP contribution in [0, 0.1) is 0 Å². The minimum atomic E-state index is 0.416. The van der Waals surface area contributed by atoms with Crippen molar-refractivity contribution in [3.8, 4) is 11.5 Å². The van der Waals surface area contributed by atoms with Crippen molar-refractivity contribution in [2.24, 2.45) is 0 Å². The van der Waals surface area contributed by atoms with Crippen molar-refractivity contribution in [2.45, 2.75) is 101 Å². The highest BCUT2D eigenvalue weighted by atomic mass is 35.5. The second-order valence-corrected chi connectivity index (χ2v) is 19.2. The van der Waals surface area contributed by atoms with Crippen molar-refractivity contribution in [1.82, 2.24) is 19.6 Å². The van der Waals surface area contributed by atoms with Gasteiger partial charge in [0.2, 0.25) is 0 Å². The van der Waals surface area contributed by atoms with Gasteiger partial charge < -0.3 is 19.3 Å². The third-order valence-electron chi connectivity index (χ3n) is 14.4. The third kappa shape index (κ3) is 10.2. The first-order valence-electron chi connectivity index (χ1n) is 23.5. The van der Waals surface area contributed by atoms with Crippen LogP contribution < -0.4 is 9.47 Å². The Hall–Kier alpha value is -3.10. The van der Waals surface area contributed by atoms with Crippen LogP contribution in [-0.4, -0.2) is 98.3 Å². The van der Waals surface area contributed by atoms with Crippen LogP contribution in [0.5, 0.6) is 11.5 Å². The summed E-state index contributed by atoms with van der Waals surface area (Å²) in [5.41, 5.74) is 8.63. The molecule has 60 heavy (non-hydrogen) atoms. The van der Waals surface area contributed by atoms with Crippen LogP contribution in [0.15, 0.2) is 84.9 Å². The van der Waals surface area contributed by atoms with Crippen LogP contribution in [0.1, 0.15) is 134 Å². The Morgan fingerprint density at radius 1 is 0.450 bits per heavy atom. The van der Waals surface area contributed by atoms with Gasteiger partial charge >= 0.3 is 0 Å². The van der Waals surface area contributed by atoms with Crippen LogP contribution in [0.3, 0.4) is 0 Å². The zero-order valence-corrected chi connectivity index (χ0v) is 37.2. The quantitative estimate of drug-likeness (QED) is 0.132. The molecule has 0 aromatic heterocycles. The van der Waals surface area contributed by atoms with Crippen molar-refractivity contribution >= 4 is 23.2 Å². The summed E-state index contributed by atoms with van der Waals surface area (Å²) in [4.78, 5) is 10.5. The van der Waals surface area contributed by atoms with E-state index < -0.39 is 0 Å². The lowest BCUT2D eigenvalue weighted by Gasteiger charge is -2.37. The Bertz CT molecular complexity index is 1840. The maximum atomic E-state index is 6.21. The molecule has 4 fully saturated rings. The van der Waals surface area contributed by atoms with Crippen LogP contribution in [-0.2, 0) is 0 Å². The lowest BCUT2D eigenvalue weighted by Crippen LogP contribution is -2.34. The largest absolute Gasteiger partial charge is 0.494 e. The van der Waals surface area contributed by atoms with E-state index in [1.807, 2.05) is 24.3 Å². The highest BCUT2D eigenvalue weighted by Gasteiger charge is 2.38. The van der Waals surface area contributed by atoms with E-state index in [0.29, 0.717) is 23.9 Å². The van der Waals surface area contributed by atoms with Gasteiger partial charge in [-0.15, -0.1) is 0 Å². The smallest absolute Gasteiger partial charge is 0.119 e. The molecule has 6 aliphatic rings. The fraction of sp³-hybridized carbons (Fsp3) is 0.538. The standard InChI is InChI=1S/2C26H33ClN2O/c2*27-21-9-7-20(8-10-21)25-19-29-16-4-6-26(29)24-18-22(11-12-23(24)25)30-17-5-15-28-13-2-1-3-14-28/h2*7-12,18,25-26H,1-6,13-17,19H2/t25-,26+;25-,26-/m10/s1. The average molecular weight is 850 g/mol. The summed E-state index contributed by atoms with van der Waals surface area (Å²) in [6.45, 7) is 13.6. The summed E-state index contributed by atoms with van der Waals surface area (Å²) in [5.74, 6) is 2.91. The second-order valence-electron chi connectivity index (χ2n) is 18.3. The van der Waals surface area contributed by atoms with Crippen molar-refractivity contribution < 1.29 is 9.47 Å². The minimum absolute atomic E-state index is 0.416. The first-order chi connectivity index (χ1) is 29.6. The number of piperidine rings is 2. The first kappa shape index (κ1) is 42.2. The van der Waals surface area contributed by atoms with Gasteiger partial charge in [0.1, 0.15) is 11.5 Å². The number of rotatable bonds is 12. The maximum Gasteiger partial charge on any atom is 0.119 e. The highest BCUT2D eigenvalue weighted by Crippen LogP contribution is 2.47. The number of hydrogen-bond donors (Lipinski definition) is 0. The molecule has 0 radical (unpaired) electrons. The van der Waals surface area contributed by atoms with E-state index in [1.54, 1.807) is 0 Å². The Morgan fingerprint density at radius 2 is 0.867 bits per heavy atom. The molecule has 320 valence electrons. The van der Waals surface area contributed by atoms with E-state index in [-0.39, 0.29) is 0 Å². The highest BCUT2D eigenvalue weighted by molar-refractivity contribution is 6.30. The van der Waals surface area contributed by atoms with E-state index in [4.69, 9.17) is 32.7 Å². The van der Waals surface area contributed by atoms with E-state index in [2.05, 4.69) is 80.3 Å². The fourth-order valence-electron chi connectivity index (χ4n) is 11.2. The molecule has 6 nitrogen and oxygen atoms in total. The van der Waals surface area contributed by atoms with Crippen LogP contribution in [0.4, 0.5) is 0 Å². The van der Waals surface area contributed by atoms with Gasteiger partial charge in [0.15, 0.2) is 0 Å². The molecule has 0 N–H and O–H groups in total. The van der Waals surface area contributed by atoms with E-state index in [1.165, 1.54) is 150 Å². The van der Waals surface area contributed by atoms with Crippen LogP contribution in [0.25, 0.3) is 0 Å². The van der Waals surface area contributed by atoms with Gasteiger partial charge in [-0.25, -0.2) is 0 Å². The molecule has 6 heterocycles. The molecule has 0 unspecified atom stereocenters. The summed E-state index contributed by atoms with van der Waals surface area (Å²) in [5, 5.41) is 1.62. The van der Waals surface area contributed by atoms with Gasteiger partial charge in [0.05, 0.1) is 13.2 Å². The van der Waals surface area contributed by atoms with E-state index in [0.717, 1.165) is 60.7 Å². The number of benzene rings is 4. The predicted octanol–water partition coefficient (Wildman–Crippen LogP) is 11.8. The number of ether oxygens (including phenoxy) is 2.